The topological polar surface area (TPSA) is 37.3 Å². The maximum Gasteiger partial charge on any atom is 0.137 e. The lowest BCUT2D eigenvalue weighted by Gasteiger charge is -2.02. The molecule has 15 heavy (non-hydrogen) atoms. The van der Waals surface area contributed by atoms with E-state index in [9.17, 15) is 9.18 Å². The summed E-state index contributed by atoms with van der Waals surface area (Å²) >= 11 is 5.69. The van der Waals surface area contributed by atoms with Crippen LogP contribution in [-0.4, -0.2) is 17.5 Å². The Bertz CT molecular complexity index is 352. The highest BCUT2D eigenvalue weighted by atomic mass is 35.5. The van der Waals surface area contributed by atoms with E-state index in [0.717, 1.165) is 0 Å². The van der Waals surface area contributed by atoms with E-state index in [1.807, 2.05) is 0 Å². The van der Waals surface area contributed by atoms with E-state index in [4.69, 9.17) is 16.7 Å². The van der Waals surface area contributed by atoms with Crippen molar-refractivity contribution >= 4 is 17.4 Å². The Kier molecular flexibility index (Phi) is 4.72. The predicted molar refractivity (Wildman–Crippen MR) is 56.4 cm³/mol. The first-order chi connectivity index (χ1) is 7.13. The van der Waals surface area contributed by atoms with Gasteiger partial charge in [0.25, 0.3) is 0 Å². The molecule has 0 saturated heterocycles. The molecule has 2 nitrogen and oxygen atoms in total. The van der Waals surface area contributed by atoms with E-state index in [1.54, 1.807) is 0 Å². The number of aliphatic hydroxyl groups is 1. The molecule has 0 aliphatic carbocycles. The summed E-state index contributed by atoms with van der Waals surface area (Å²) in [6.45, 7) is -0.0240. The molecule has 0 amide bonds. The third kappa shape index (κ3) is 3.98. The number of ketones is 1. The lowest BCUT2D eigenvalue weighted by Crippen LogP contribution is -2.05. The minimum atomic E-state index is -0.420. The largest absolute Gasteiger partial charge is 0.396 e. The first-order valence-electron chi connectivity index (χ1n) is 4.70. The van der Waals surface area contributed by atoms with E-state index < -0.39 is 5.82 Å². The number of Topliss-reactive ketones (excluding diaryl/α,β-unsaturated/α-hetero) is 1. The standard InChI is InChI=1S/C11H12ClFO2/c12-9-3-4-11(13)8(6-9)7-10(15)2-1-5-14/h3-4,6,14H,1-2,5,7H2. The van der Waals surface area contributed by atoms with Crippen LogP contribution < -0.4 is 0 Å². The van der Waals surface area contributed by atoms with Crippen LogP contribution in [0, 0.1) is 5.82 Å². The zero-order valence-electron chi connectivity index (χ0n) is 8.17. The van der Waals surface area contributed by atoms with Gasteiger partial charge in [-0.05, 0) is 30.2 Å². The van der Waals surface area contributed by atoms with Crippen LogP contribution >= 0.6 is 11.6 Å². The van der Waals surface area contributed by atoms with Gasteiger partial charge in [-0.1, -0.05) is 11.6 Å². The van der Waals surface area contributed by atoms with Gasteiger partial charge in [-0.15, -0.1) is 0 Å². The Morgan fingerprint density at radius 1 is 1.47 bits per heavy atom. The van der Waals surface area contributed by atoms with E-state index in [0.29, 0.717) is 17.0 Å². The summed E-state index contributed by atoms with van der Waals surface area (Å²) in [7, 11) is 0. The summed E-state index contributed by atoms with van der Waals surface area (Å²) in [5.74, 6) is -0.512. The zero-order valence-corrected chi connectivity index (χ0v) is 8.93. The number of rotatable bonds is 5. The number of halogens is 2. The number of aliphatic hydroxyl groups excluding tert-OH is 1. The second-order valence-corrected chi connectivity index (χ2v) is 3.71. The summed E-state index contributed by atoms with van der Waals surface area (Å²) in [6.07, 6.45) is 0.718. The molecule has 1 rings (SSSR count). The normalized spacial score (nSPS) is 10.3. The van der Waals surface area contributed by atoms with Gasteiger partial charge in [-0.25, -0.2) is 4.39 Å². The van der Waals surface area contributed by atoms with Gasteiger partial charge in [0.1, 0.15) is 11.6 Å². The highest BCUT2D eigenvalue weighted by molar-refractivity contribution is 6.30. The molecule has 82 valence electrons. The van der Waals surface area contributed by atoms with E-state index in [1.165, 1.54) is 18.2 Å². The molecule has 1 aromatic rings. The Hall–Kier alpha value is -0.930. The molecule has 1 aromatic carbocycles. The Labute approximate surface area is 92.7 Å². The molecular formula is C11H12ClFO2. The summed E-state index contributed by atoms with van der Waals surface area (Å²) in [4.78, 5) is 11.3. The molecule has 0 saturated carbocycles. The highest BCUT2D eigenvalue weighted by Crippen LogP contribution is 2.16. The maximum atomic E-state index is 13.2. The number of benzene rings is 1. The zero-order chi connectivity index (χ0) is 11.3. The molecule has 0 heterocycles. The molecule has 0 atom stereocenters. The number of hydrogen-bond acceptors (Lipinski definition) is 2. The van der Waals surface area contributed by atoms with Gasteiger partial charge in [-0.3, -0.25) is 4.79 Å². The van der Waals surface area contributed by atoms with Crippen molar-refractivity contribution in [2.75, 3.05) is 6.61 Å². The minimum Gasteiger partial charge on any atom is -0.396 e. The Morgan fingerprint density at radius 2 is 2.20 bits per heavy atom. The Balaban J connectivity index is 2.63. The molecule has 0 bridgehead atoms. The highest BCUT2D eigenvalue weighted by Gasteiger charge is 2.08. The van der Waals surface area contributed by atoms with Crippen LogP contribution in [0.5, 0.6) is 0 Å². The average Bonchev–Trinajstić information content (AvgIpc) is 2.20. The van der Waals surface area contributed by atoms with Gasteiger partial charge in [0.05, 0.1) is 0 Å². The van der Waals surface area contributed by atoms with Crippen LogP contribution in [0.3, 0.4) is 0 Å². The maximum absolute atomic E-state index is 13.2. The molecule has 1 N–H and O–H groups in total. The minimum absolute atomic E-state index is 0.0240. The van der Waals surface area contributed by atoms with Crippen LogP contribution in [-0.2, 0) is 11.2 Å². The lowest BCUT2D eigenvalue weighted by molar-refractivity contribution is -0.118. The quantitative estimate of drug-likeness (QED) is 0.843. The number of carbonyl (C=O) groups is 1. The first kappa shape index (κ1) is 12.1. The smallest absolute Gasteiger partial charge is 0.137 e. The van der Waals surface area contributed by atoms with Gasteiger partial charge in [0.2, 0.25) is 0 Å². The fourth-order valence-corrected chi connectivity index (χ4v) is 1.45. The van der Waals surface area contributed by atoms with Crippen molar-refractivity contribution in [2.45, 2.75) is 19.3 Å². The fraction of sp³-hybridized carbons (Fsp3) is 0.364. The molecule has 0 fully saturated rings. The lowest BCUT2D eigenvalue weighted by atomic mass is 10.1. The van der Waals surface area contributed by atoms with Crippen LogP contribution in [0.15, 0.2) is 18.2 Å². The van der Waals surface area contributed by atoms with Crippen molar-refractivity contribution < 1.29 is 14.3 Å². The van der Waals surface area contributed by atoms with Gasteiger partial charge >= 0.3 is 0 Å². The molecular weight excluding hydrogens is 219 g/mol. The second-order valence-electron chi connectivity index (χ2n) is 3.28. The first-order valence-corrected chi connectivity index (χ1v) is 5.07. The molecule has 0 radical (unpaired) electrons. The van der Waals surface area contributed by atoms with Crippen molar-refractivity contribution in [3.8, 4) is 0 Å². The second kappa shape index (κ2) is 5.83. The van der Waals surface area contributed by atoms with Gasteiger partial charge < -0.3 is 5.11 Å². The predicted octanol–water partition coefficient (Wildman–Crippen LogP) is 2.36. The van der Waals surface area contributed by atoms with Gasteiger partial charge in [-0.2, -0.15) is 0 Å². The SMILES string of the molecule is O=C(CCCO)Cc1cc(Cl)ccc1F. The van der Waals surface area contributed by atoms with Crippen molar-refractivity contribution in [1.82, 2.24) is 0 Å². The molecule has 0 spiro atoms. The third-order valence-electron chi connectivity index (χ3n) is 2.01. The molecule has 0 aliphatic rings. The molecule has 0 aromatic heterocycles. The van der Waals surface area contributed by atoms with Crippen LogP contribution in [0.2, 0.25) is 5.02 Å². The van der Waals surface area contributed by atoms with E-state index in [-0.39, 0.29) is 25.2 Å². The van der Waals surface area contributed by atoms with E-state index in [2.05, 4.69) is 0 Å². The van der Waals surface area contributed by atoms with Crippen LogP contribution in [0.4, 0.5) is 4.39 Å². The Morgan fingerprint density at radius 3 is 2.87 bits per heavy atom. The monoisotopic (exact) mass is 230 g/mol. The van der Waals surface area contributed by atoms with Gasteiger partial charge in [0, 0.05) is 24.5 Å². The van der Waals surface area contributed by atoms with Crippen LogP contribution in [0.1, 0.15) is 18.4 Å². The summed E-state index contributed by atoms with van der Waals surface area (Å²) in [5, 5.41) is 8.95. The summed E-state index contributed by atoms with van der Waals surface area (Å²) in [5.41, 5.74) is 0.311. The molecule has 0 unspecified atom stereocenters. The van der Waals surface area contributed by atoms with Crippen molar-refractivity contribution in [2.24, 2.45) is 0 Å². The summed E-state index contributed by atoms with van der Waals surface area (Å²) in [6, 6.07) is 4.14. The number of carbonyl (C=O) groups excluding carboxylic acids is 1. The summed E-state index contributed by atoms with van der Waals surface area (Å²) < 4.78 is 13.2. The molecule has 4 heteroatoms. The van der Waals surface area contributed by atoms with Crippen LogP contribution in [0.25, 0.3) is 0 Å². The third-order valence-corrected chi connectivity index (χ3v) is 2.24. The number of hydrogen-bond donors (Lipinski definition) is 1. The van der Waals surface area contributed by atoms with Gasteiger partial charge in [0.15, 0.2) is 0 Å². The average molecular weight is 231 g/mol. The van der Waals surface area contributed by atoms with Crippen molar-refractivity contribution in [3.05, 3.63) is 34.6 Å². The fourth-order valence-electron chi connectivity index (χ4n) is 1.26. The molecule has 0 aliphatic heterocycles. The van der Waals surface area contributed by atoms with Crippen molar-refractivity contribution in [3.63, 3.8) is 0 Å². The van der Waals surface area contributed by atoms with Crippen molar-refractivity contribution in [1.29, 1.82) is 0 Å². The van der Waals surface area contributed by atoms with E-state index >= 15 is 0 Å².